The van der Waals surface area contributed by atoms with E-state index in [1.807, 2.05) is 11.1 Å². The molecule has 1 aromatic rings. The maximum Gasteiger partial charge on any atom is 0.303 e. The third-order valence-corrected chi connectivity index (χ3v) is 5.26. The van der Waals surface area contributed by atoms with Gasteiger partial charge in [-0.25, -0.2) is 13.8 Å². The Kier molecular flexibility index (Phi) is 5.18. The molecule has 0 aromatic carbocycles. The van der Waals surface area contributed by atoms with Crippen LogP contribution in [-0.4, -0.2) is 44.5 Å². The zero-order chi connectivity index (χ0) is 17.2. The van der Waals surface area contributed by atoms with E-state index in [2.05, 4.69) is 9.55 Å². The number of carboxylic acids is 1. The summed E-state index contributed by atoms with van der Waals surface area (Å²) in [6.07, 6.45) is 5.85. The van der Waals surface area contributed by atoms with Crippen molar-refractivity contribution in [2.24, 2.45) is 5.92 Å². The summed E-state index contributed by atoms with van der Waals surface area (Å²) in [5.41, 5.74) is 1.09. The summed E-state index contributed by atoms with van der Waals surface area (Å²) in [6, 6.07) is 0. The fourth-order valence-corrected chi connectivity index (χ4v) is 3.80. The van der Waals surface area contributed by atoms with Crippen molar-refractivity contribution in [3.63, 3.8) is 0 Å². The average molecular weight is 341 g/mol. The van der Waals surface area contributed by atoms with Crippen molar-refractivity contribution in [1.82, 2.24) is 14.5 Å². The first kappa shape index (κ1) is 17.3. The zero-order valence-electron chi connectivity index (χ0n) is 13.9. The molecule has 24 heavy (non-hydrogen) atoms. The van der Waals surface area contributed by atoms with Gasteiger partial charge in [0.2, 0.25) is 0 Å². The van der Waals surface area contributed by atoms with E-state index in [0.717, 1.165) is 37.3 Å². The smallest absolute Gasteiger partial charge is 0.303 e. The van der Waals surface area contributed by atoms with E-state index >= 15 is 0 Å². The first-order valence-electron chi connectivity index (χ1n) is 8.81. The van der Waals surface area contributed by atoms with Gasteiger partial charge in [0.25, 0.3) is 5.92 Å². The molecular weight excluding hydrogens is 316 g/mol. The predicted molar refractivity (Wildman–Crippen MR) is 85.0 cm³/mol. The maximum absolute atomic E-state index is 14.2. The average Bonchev–Trinajstić information content (AvgIpc) is 2.69. The van der Waals surface area contributed by atoms with Crippen molar-refractivity contribution in [3.05, 3.63) is 17.7 Å². The highest BCUT2D eigenvalue weighted by atomic mass is 19.3. The van der Waals surface area contributed by atoms with Crippen molar-refractivity contribution in [2.75, 3.05) is 13.1 Å². The van der Waals surface area contributed by atoms with E-state index in [4.69, 9.17) is 5.11 Å². The molecule has 1 atom stereocenters. The highest BCUT2D eigenvalue weighted by molar-refractivity contribution is 5.67. The Morgan fingerprint density at radius 3 is 2.92 bits per heavy atom. The number of hydrogen-bond donors (Lipinski definition) is 1. The van der Waals surface area contributed by atoms with Crippen LogP contribution in [0.25, 0.3) is 0 Å². The first-order chi connectivity index (χ1) is 11.5. The highest BCUT2D eigenvalue weighted by Gasteiger charge is 2.42. The van der Waals surface area contributed by atoms with E-state index in [-0.39, 0.29) is 12.8 Å². The quantitative estimate of drug-likeness (QED) is 0.915. The number of likely N-dealkylation sites (tertiary alicyclic amines) is 1. The van der Waals surface area contributed by atoms with Crippen LogP contribution in [0.4, 0.5) is 8.78 Å². The molecule has 0 saturated carbocycles. The number of aromatic nitrogens is 2. The van der Waals surface area contributed by atoms with E-state index in [1.165, 1.54) is 6.42 Å². The number of halogens is 2. The van der Waals surface area contributed by atoms with Crippen molar-refractivity contribution in [3.8, 4) is 0 Å². The van der Waals surface area contributed by atoms with Crippen LogP contribution in [0, 0.1) is 5.92 Å². The van der Waals surface area contributed by atoms with Gasteiger partial charge in [-0.3, -0.25) is 9.69 Å². The van der Waals surface area contributed by atoms with Crippen LogP contribution in [0.15, 0.2) is 6.20 Å². The van der Waals surface area contributed by atoms with Crippen LogP contribution in [0.5, 0.6) is 0 Å². The number of rotatable bonds is 4. The van der Waals surface area contributed by atoms with Crippen LogP contribution >= 0.6 is 0 Å². The molecule has 3 heterocycles. The van der Waals surface area contributed by atoms with Gasteiger partial charge in [0.15, 0.2) is 0 Å². The van der Waals surface area contributed by atoms with Gasteiger partial charge in [-0.05, 0) is 25.8 Å². The van der Waals surface area contributed by atoms with Gasteiger partial charge in [-0.15, -0.1) is 0 Å². The van der Waals surface area contributed by atoms with Gasteiger partial charge in [-0.1, -0.05) is 6.42 Å². The Bertz CT molecular complexity index is 588. The van der Waals surface area contributed by atoms with Crippen molar-refractivity contribution in [2.45, 2.75) is 64.0 Å². The van der Waals surface area contributed by atoms with Gasteiger partial charge in [-0.2, -0.15) is 0 Å². The third kappa shape index (κ3) is 3.94. The van der Waals surface area contributed by atoms with Crippen LogP contribution in [0.3, 0.4) is 0 Å². The van der Waals surface area contributed by atoms with Crippen LogP contribution in [0.1, 0.15) is 50.0 Å². The lowest BCUT2D eigenvalue weighted by Gasteiger charge is -2.22. The first-order valence-corrected chi connectivity index (χ1v) is 8.81. The molecule has 1 N–H and O–H groups in total. The second-order valence-electron chi connectivity index (χ2n) is 7.00. The Morgan fingerprint density at radius 1 is 1.29 bits per heavy atom. The van der Waals surface area contributed by atoms with Gasteiger partial charge in [0.05, 0.1) is 12.1 Å². The summed E-state index contributed by atoms with van der Waals surface area (Å²) in [5.74, 6) is -4.01. The van der Waals surface area contributed by atoms with E-state index in [0.29, 0.717) is 19.6 Å². The van der Waals surface area contributed by atoms with Gasteiger partial charge in [0, 0.05) is 44.6 Å². The number of hydrogen-bond acceptors (Lipinski definition) is 3. The fraction of sp³-hybridized carbons (Fsp3) is 0.765. The summed E-state index contributed by atoms with van der Waals surface area (Å²) in [7, 11) is 0. The normalized spacial score (nSPS) is 24.8. The number of fused-ring (bicyclic) bond motifs is 1. The summed E-state index contributed by atoms with van der Waals surface area (Å²) < 4.78 is 30.6. The Labute approximate surface area is 140 Å². The number of carboxylic acid groups (broad SMARTS) is 1. The maximum atomic E-state index is 14.2. The molecule has 0 bridgehead atoms. The molecule has 134 valence electrons. The van der Waals surface area contributed by atoms with E-state index in [1.54, 1.807) is 0 Å². The molecule has 3 rings (SSSR count). The van der Waals surface area contributed by atoms with E-state index in [9.17, 15) is 13.6 Å². The van der Waals surface area contributed by atoms with Gasteiger partial charge in [0.1, 0.15) is 5.82 Å². The number of carbonyl (C=O) groups is 1. The molecule has 2 aliphatic rings. The standard InChI is InChI=1S/C17H25F2N3O2/c18-17(19)6-9-21(8-5-13(17)10-16(23)24)12-14-11-20-15-4-2-1-3-7-22(14)15/h11,13H,1-10,12H2,(H,23,24). The van der Waals surface area contributed by atoms with Crippen LogP contribution < -0.4 is 0 Å². The molecule has 2 aliphatic heterocycles. The molecule has 1 saturated heterocycles. The highest BCUT2D eigenvalue weighted by Crippen LogP contribution is 2.36. The number of nitrogens with zero attached hydrogens (tertiary/aromatic N) is 3. The Morgan fingerprint density at radius 2 is 2.12 bits per heavy atom. The Balaban J connectivity index is 1.66. The molecule has 0 spiro atoms. The fourth-order valence-electron chi connectivity index (χ4n) is 3.80. The summed E-state index contributed by atoms with van der Waals surface area (Å²) in [6.45, 7) is 2.37. The van der Waals surface area contributed by atoms with Gasteiger partial charge >= 0.3 is 5.97 Å². The minimum Gasteiger partial charge on any atom is -0.481 e. The summed E-state index contributed by atoms with van der Waals surface area (Å²) in [4.78, 5) is 17.4. The molecule has 0 amide bonds. The summed E-state index contributed by atoms with van der Waals surface area (Å²) in [5, 5.41) is 8.86. The van der Waals surface area contributed by atoms with Gasteiger partial charge < -0.3 is 9.67 Å². The summed E-state index contributed by atoms with van der Waals surface area (Å²) >= 11 is 0. The molecule has 5 nitrogen and oxygen atoms in total. The SMILES string of the molecule is O=C(O)CC1CCN(Cc2cnc3n2CCCCC3)CCC1(F)F. The molecule has 7 heteroatoms. The van der Waals surface area contributed by atoms with Crippen molar-refractivity contribution >= 4 is 5.97 Å². The van der Waals surface area contributed by atoms with E-state index < -0.39 is 24.2 Å². The lowest BCUT2D eigenvalue weighted by molar-refractivity contribution is -0.143. The predicted octanol–water partition coefficient (Wildman–Crippen LogP) is 2.93. The Hall–Kier alpha value is -1.50. The molecule has 1 fully saturated rings. The number of alkyl halides is 2. The van der Waals surface area contributed by atoms with Crippen molar-refractivity contribution < 1.29 is 18.7 Å². The second kappa shape index (κ2) is 7.17. The van der Waals surface area contributed by atoms with Crippen LogP contribution in [-0.2, 0) is 24.3 Å². The lowest BCUT2D eigenvalue weighted by atomic mass is 9.93. The number of imidazole rings is 1. The minimum absolute atomic E-state index is 0.223. The molecule has 0 aliphatic carbocycles. The monoisotopic (exact) mass is 341 g/mol. The molecule has 1 aromatic heterocycles. The molecule has 0 radical (unpaired) electrons. The van der Waals surface area contributed by atoms with Crippen LogP contribution in [0.2, 0.25) is 0 Å². The molecular formula is C17H25F2N3O2. The second-order valence-corrected chi connectivity index (χ2v) is 7.00. The lowest BCUT2D eigenvalue weighted by Crippen LogP contribution is -2.30. The largest absolute Gasteiger partial charge is 0.481 e. The topological polar surface area (TPSA) is 58.4 Å². The minimum atomic E-state index is -2.90. The molecule has 1 unspecified atom stereocenters. The number of aryl methyl sites for hydroxylation is 1. The zero-order valence-corrected chi connectivity index (χ0v) is 13.9. The third-order valence-electron chi connectivity index (χ3n) is 5.26. The number of aliphatic carboxylic acids is 1. The van der Waals surface area contributed by atoms with Crippen molar-refractivity contribution in [1.29, 1.82) is 0 Å².